The van der Waals surface area contributed by atoms with Crippen LogP contribution in [0.25, 0.3) is 10.9 Å². The predicted octanol–water partition coefficient (Wildman–Crippen LogP) is 3.22. The molecule has 0 spiro atoms. The number of aromatic nitrogens is 5. The lowest BCUT2D eigenvalue weighted by Crippen LogP contribution is -2.36. The van der Waals surface area contributed by atoms with Gasteiger partial charge < -0.3 is 10.1 Å². The van der Waals surface area contributed by atoms with Crippen LogP contribution in [-0.4, -0.2) is 48.3 Å². The minimum atomic E-state index is -0.260. The van der Waals surface area contributed by atoms with Gasteiger partial charge in [0.1, 0.15) is 0 Å². The molecule has 2 heterocycles. The van der Waals surface area contributed by atoms with Crippen LogP contribution in [0, 0.1) is 13.8 Å². The van der Waals surface area contributed by atoms with Gasteiger partial charge in [-0.2, -0.15) is 0 Å². The van der Waals surface area contributed by atoms with E-state index in [1.165, 1.54) is 0 Å². The van der Waals surface area contributed by atoms with Gasteiger partial charge in [0.25, 0.3) is 5.56 Å². The summed E-state index contributed by atoms with van der Waals surface area (Å²) in [5.74, 6) is 0.775. The predicted molar refractivity (Wildman–Crippen MR) is 122 cm³/mol. The standard InChI is InChI=1S/C23H34N6O2/c1-7-19(21-25-26-27-29(21)23(4,5)6)28(9-8-10-30)14-18-13-17-12-15(2)11-16(3)20(17)24-22(18)31/h11-13,19,30H,7-10,14H2,1-6H3,(H,24,31)/t19-/m0/s1. The highest BCUT2D eigenvalue weighted by Gasteiger charge is 2.29. The second kappa shape index (κ2) is 9.28. The molecule has 0 saturated carbocycles. The minimum absolute atomic E-state index is 0.0740. The van der Waals surface area contributed by atoms with Crippen LogP contribution in [0.4, 0.5) is 0 Å². The summed E-state index contributed by atoms with van der Waals surface area (Å²) < 4.78 is 1.85. The van der Waals surface area contributed by atoms with Crippen molar-refractivity contribution in [2.45, 2.75) is 72.5 Å². The van der Waals surface area contributed by atoms with Crippen molar-refractivity contribution in [3.8, 4) is 0 Å². The van der Waals surface area contributed by atoms with Crippen LogP contribution in [0.5, 0.6) is 0 Å². The number of tetrazole rings is 1. The first-order valence-electron chi connectivity index (χ1n) is 10.9. The van der Waals surface area contributed by atoms with E-state index in [2.05, 4.69) is 72.2 Å². The van der Waals surface area contributed by atoms with Crippen molar-refractivity contribution < 1.29 is 5.11 Å². The molecule has 0 unspecified atom stereocenters. The Morgan fingerprint density at radius 2 is 1.97 bits per heavy atom. The van der Waals surface area contributed by atoms with Crippen LogP contribution in [-0.2, 0) is 12.1 Å². The van der Waals surface area contributed by atoms with Crippen LogP contribution in [0.15, 0.2) is 23.0 Å². The lowest BCUT2D eigenvalue weighted by molar-refractivity contribution is 0.146. The largest absolute Gasteiger partial charge is 0.396 e. The Kier molecular flexibility index (Phi) is 6.91. The van der Waals surface area contributed by atoms with Gasteiger partial charge in [0, 0.05) is 25.3 Å². The Morgan fingerprint density at radius 1 is 1.23 bits per heavy atom. The van der Waals surface area contributed by atoms with E-state index in [1.807, 2.05) is 17.7 Å². The van der Waals surface area contributed by atoms with Crippen molar-refractivity contribution in [1.82, 2.24) is 30.1 Å². The van der Waals surface area contributed by atoms with E-state index in [9.17, 15) is 9.90 Å². The highest BCUT2D eigenvalue weighted by Crippen LogP contribution is 2.28. The molecule has 0 saturated heterocycles. The molecule has 0 radical (unpaired) electrons. The van der Waals surface area contributed by atoms with Crippen LogP contribution >= 0.6 is 0 Å². The summed E-state index contributed by atoms with van der Waals surface area (Å²) in [6.07, 6.45) is 1.39. The number of nitrogens with one attached hydrogen (secondary N) is 1. The number of aromatic amines is 1. The fourth-order valence-corrected chi connectivity index (χ4v) is 4.17. The van der Waals surface area contributed by atoms with Gasteiger partial charge in [-0.25, -0.2) is 4.68 Å². The highest BCUT2D eigenvalue weighted by molar-refractivity contribution is 5.82. The molecule has 3 aromatic rings. The van der Waals surface area contributed by atoms with Gasteiger partial charge in [0.05, 0.1) is 17.1 Å². The number of aliphatic hydroxyl groups excluding tert-OH is 1. The number of pyridine rings is 1. The van der Waals surface area contributed by atoms with Crippen molar-refractivity contribution in [3.05, 3.63) is 51.1 Å². The zero-order chi connectivity index (χ0) is 22.8. The maximum atomic E-state index is 12.9. The van der Waals surface area contributed by atoms with Gasteiger partial charge >= 0.3 is 0 Å². The van der Waals surface area contributed by atoms with Crippen molar-refractivity contribution in [1.29, 1.82) is 0 Å². The van der Waals surface area contributed by atoms with Gasteiger partial charge in [0.15, 0.2) is 5.82 Å². The summed E-state index contributed by atoms with van der Waals surface area (Å²) in [4.78, 5) is 18.2. The molecule has 2 N–H and O–H groups in total. The second-order valence-corrected chi connectivity index (χ2v) is 9.26. The summed E-state index contributed by atoms with van der Waals surface area (Å²) in [5, 5.41) is 23.0. The number of hydrogen-bond acceptors (Lipinski definition) is 6. The molecule has 31 heavy (non-hydrogen) atoms. The molecule has 0 aliphatic carbocycles. The zero-order valence-corrected chi connectivity index (χ0v) is 19.4. The van der Waals surface area contributed by atoms with Crippen LogP contribution in [0.1, 0.15) is 69.1 Å². The topological polar surface area (TPSA) is 99.9 Å². The lowest BCUT2D eigenvalue weighted by Gasteiger charge is -2.32. The molecule has 1 aromatic carbocycles. The summed E-state index contributed by atoms with van der Waals surface area (Å²) in [5.41, 5.74) is 3.46. The van der Waals surface area contributed by atoms with Gasteiger partial charge in [-0.05, 0) is 81.0 Å². The first kappa shape index (κ1) is 23.1. The molecule has 2 aromatic heterocycles. The molecule has 0 aliphatic heterocycles. The Labute approximate surface area is 183 Å². The Bertz CT molecular complexity index is 1100. The number of aliphatic hydroxyl groups is 1. The number of H-pyrrole nitrogens is 1. The van der Waals surface area contributed by atoms with E-state index in [1.54, 1.807) is 0 Å². The third-order valence-electron chi connectivity index (χ3n) is 5.60. The van der Waals surface area contributed by atoms with Crippen molar-refractivity contribution in [2.24, 2.45) is 0 Å². The van der Waals surface area contributed by atoms with E-state index >= 15 is 0 Å². The minimum Gasteiger partial charge on any atom is -0.396 e. The smallest absolute Gasteiger partial charge is 0.252 e. The molecule has 0 amide bonds. The fraction of sp³-hybridized carbons (Fsp3) is 0.565. The summed E-state index contributed by atoms with van der Waals surface area (Å²) in [7, 11) is 0. The molecule has 0 fully saturated rings. The number of fused-ring (bicyclic) bond motifs is 1. The van der Waals surface area contributed by atoms with E-state index in [0.29, 0.717) is 25.1 Å². The number of hydrogen-bond donors (Lipinski definition) is 2. The fourth-order valence-electron chi connectivity index (χ4n) is 4.17. The van der Waals surface area contributed by atoms with Crippen molar-refractivity contribution in [3.63, 3.8) is 0 Å². The molecule has 1 atom stereocenters. The first-order valence-corrected chi connectivity index (χ1v) is 10.9. The summed E-state index contributed by atoms with van der Waals surface area (Å²) in [6, 6.07) is 6.08. The summed E-state index contributed by atoms with van der Waals surface area (Å²) in [6.45, 7) is 13.5. The average Bonchev–Trinajstić information content (AvgIpc) is 3.17. The normalized spacial score (nSPS) is 13.3. The Hall–Kier alpha value is -2.58. The van der Waals surface area contributed by atoms with Gasteiger partial charge in [0.2, 0.25) is 0 Å². The van der Waals surface area contributed by atoms with Crippen LogP contribution < -0.4 is 5.56 Å². The van der Waals surface area contributed by atoms with Crippen molar-refractivity contribution in [2.75, 3.05) is 13.2 Å². The quantitative estimate of drug-likeness (QED) is 0.574. The average molecular weight is 427 g/mol. The molecular formula is C23H34N6O2. The highest BCUT2D eigenvalue weighted by atomic mass is 16.3. The van der Waals surface area contributed by atoms with Gasteiger partial charge in [-0.15, -0.1) is 5.10 Å². The molecule has 3 rings (SSSR count). The lowest BCUT2D eigenvalue weighted by atomic mass is 10.0. The maximum Gasteiger partial charge on any atom is 0.252 e. The maximum absolute atomic E-state index is 12.9. The van der Waals surface area contributed by atoms with Gasteiger partial charge in [-0.3, -0.25) is 9.69 Å². The third kappa shape index (κ3) is 5.02. The van der Waals surface area contributed by atoms with Crippen molar-refractivity contribution >= 4 is 10.9 Å². The second-order valence-electron chi connectivity index (χ2n) is 9.26. The molecule has 0 aliphatic rings. The molecule has 8 nitrogen and oxygen atoms in total. The number of benzene rings is 1. The molecular weight excluding hydrogens is 392 g/mol. The molecule has 8 heteroatoms. The Balaban J connectivity index is 2.02. The monoisotopic (exact) mass is 426 g/mol. The number of aryl methyl sites for hydroxylation is 2. The van der Waals surface area contributed by atoms with E-state index < -0.39 is 0 Å². The molecule has 168 valence electrons. The third-order valence-corrected chi connectivity index (χ3v) is 5.60. The first-order chi connectivity index (χ1) is 14.7. The Morgan fingerprint density at radius 3 is 2.61 bits per heavy atom. The van der Waals surface area contributed by atoms with E-state index in [4.69, 9.17) is 0 Å². The van der Waals surface area contributed by atoms with Crippen LogP contribution in [0.3, 0.4) is 0 Å². The molecule has 0 bridgehead atoms. The zero-order valence-electron chi connectivity index (χ0n) is 19.4. The SMILES string of the molecule is CC[C@@H](c1nnnn1C(C)(C)C)N(CCCO)Cc1cc2cc(C)cc(C)c2[nH]c1=O. The van der Waals surface area contributed by atoms with E-state index in [-0.39, 0.29) is 23.7 Å². The number of rotatable bonds is 8. The van der Waals surface area contributed by atoms with E-state index in [0.717, 1.165) is 34.3 Å². The summed E-state index contributed by atoms with van der Waals surface area (Å²) >= 11 is 0. The number of nitrogens with zero attached hydrogens (tertiary/aromatic N) is 5. The van der Waals surface area contributed by atoms with Gasteiger partial charge in [-0.1, -0.05) is 18.6 Å². The van der Waals surface area contributed by atoms with Crippen LogP contribution in [0.2, 0.25) is 0 Å².